The summed E-state index contributed by atoms with van der Waals surface area (Å²) in [5.74, 6) is -0.852. The minimum atomic E-state index is -4.82. The molecule has 0 fully saturated rings. The van der Waals surface area contributed by atoms with Crippen molar-refractivity contribution in [2.45, 2.75) is 19.5 Å². The molecule has 0 aliphatic carbocycles. The van der Waals surface area contributed by atoms with Crippen LogP contribution in [0.25, 0.3) is 10.9 Å². The van der Waals surface area contributed by atoms with Crippen LogP contribution in [0.1, 0.15) is 5.56 Å². The predicted octanol–water partition coefficient (Wildman–Crippen LogP) is 2.61. The van der Waals surface area contributed by atoms with Crippen LogP contribution in [0.3, 0.4) is 0 Å². The maximum Gasteiger partial charge on any atom is 0.573 e. The number of carbonyl (C=O) groups excluding carboxylic acids is 1. The van der Waals surface area contributed by atoms with Gasteiger partial charge in [0.1, 0.15) is 12.3 Å². The van der Waals surface area contributed by atoms with Gasteiger partial charge in [-0.1, -0.05) is 30.3 Å². The fraction of sp³-hybridized carbons (Fsp3) is 0.167. The van der Waals surface area contributed by atoms with Crippen molar-refractivity contribution in [3.8, 4) is 5.75 Å². The summed E-state index contributed by atoms with van der Waals surface area (Å²) in [6.07, 6.45) is -3.71. The molecule has 0 spiro atoms. The summed E-state index contributed by atoms with van der Waals surface area (Å²) in [6.45, 7) is -0.341. The van der Waals surface area contributed by atoms with Crippen molar-refractivity contribution in [1.29, 1.82) is 0 Å². The maximum atomic E-state index is 12.4. The highest BCUT2D eigenvalue weighted by Gasteiger charge is 2.31. The maximum absolute atomic E-state index is 12.4. The van der Waals surface area contributed by atoms with E-state index < -0.39 is 12.3 Å². The number of aromatic nitrogens is 2. The third-order valence-corrected chi connectivity index (χ3v) is 3.73. The van der Waals surface area contributed by atoms with Gasteiger partial charge in [-0.05, 0) is 18.2 Å². The van der Waals surface area contributed by atoms with Crippen LogP contribution in [-0.2, 0) is 17.9 Å². The lowest BCUT2D eigenvalue weighted by atomic mass is 10.2. The smallest absolute Gasteiger partial charge is 0.405 e. The number of benzene rings is 2. The third kappa shape index (κ3) is 4.63. The normalized spacial score (nSPS) is 11.4. The van der Waals surface area contributed by atoms with Gasteiger partial charge in [0.05, 0.1) is 11.7 Å². The predicted molar refractivity (Wildman–Crippen MR) is 91.0 cm³/mol. The number of halogens is 3. The topological polar surface area (TPSA) is 73.2 Å². The van der Waals surface area contributed by atoms with Gasteiger partial charge >= 0.3 is 6.36 Å². The van der Waals surface area contributed by atoms with E-state index in [1.807, 2.05) is 0 Å². The number of amides is 1. The molecule has 1 N–H and O–H groups in total. The number of hydrogen-bond acceptors (Lipinski definition) is 4. The Hall–Kier alpha value is -3.36. The Morgan fingerprint density at radius 1 is 1.11 bits per heavy atom. The lowest BCUT2D eigenvalue weighted by Crippen LogP contribution is -2.29. The molecule has 27 heavy (non-hydrogen) atoms. The highest BCUT2D eigenvalue weighted by molar-refractivity contribution is 5.81. The number of alkyl halides is 3. The van der Waals surface area contributed by atoms with E-state index >= 15 is 0 Å². The Balaban J connectivity index is 1.72. The average Bonchev–Trinajstić information content (AvgIpc) is 2.62. The van der Waals surface area contributed by atoms with Crippen LogP contribution >= 0.6 is 0 Å². The van der Waals surface area contributed by atoms with Crippen molar-refractivity contribution in [2.24, 2.45) is 0 Å². The fourth-order valence-corrected chi connectivity index (χ4v) is 2.55. The van der Waals surface area contributed by atoms with Gasteiger partial charge < -0.3 is 10.1 Å². The fourth-order valence-electron chi connectivity index (χ4n) is 2.55. The van der Waals surface area contributed by atoms with E-state index in [9.17, 15) is 22.8 Å². The average molecular weight is 377 g/mol. The van der Waals surface area contributed by atoms with Crippen LogP contribution in [0, 0.1) is 0 Å². The third-order valence-electron chi connectivity index (χ3n) is 3.73. The van der Waals surface area contributed by atoms with Crippen LogP contribution in [-0.4, -0.2) is 22.1 Å². The number of rotatable bonds is 5. The molecule has 9 heteroatoms. The summed E-state index contributed by atoms with van der Waals surface area (Å²) in [4.78, 5) is 24.0. The molecule has 0 saturated carbocycles. The molecule has 1 aromatic heterocycles. The second-order valence-corrected chi connectivity index (χ2v) is 5.62. The summed E-state index contributed by atoms with van der Waals surface area (Å²) < 4.78 is 42.6. The van der Waals surface area contributed by atoms with Crippen molar-refractivity contribution in [1.82, 2.24) is 15.1 Å². The van der Waals surface area contributed by atoms with Crippen LogP contribution in [0.15, 0.2) is 59.5 Å². The summed E-state index contributed by atoms with van der Waals surface area (Å²) >= 11 is 0. The van der Waals surface area contributed by atoms with Crippen molar-refractivity contribution in [3.63, 3.8) is 0 Å². The Labute approximate surface area is 151 Å². The van der Waals surface area contributed by atoms with Gasteiger partial charge in [0, 0.05) is 17.5 Å². The summed E-state index contributed by atoms with van der Waals surface area (Å²) in [5, 5.41) is 6.89. The Morgan fingerprint density at radius 2 is 1.81 bits per heavy atom. The molecular formula is C18H14F3N3O3. The first-order chi connectivity index (χ1) is 12.8. The second kappa shape index (κ2) is 7.48. The zero-order chi connectivity index (χ0) is 19.4. The van der Waals surface area contributed by atoms with E-state index in [2.05, 4.69) is 15.2 Å². The van der Waals surface area contributed by atoms with Crippen LogP contribution < -0.4 is 15.5 Å². The number of fused-ring (bicyclic) bond motifs is 1. The lowest BCUT2D eigenvalue weighted by Gasteiger charge is -2.14. The molecule has 3 rings (SSSR count). The molecule has 3 aromatic rings. The van der Waals surface area contributed by atoms with E-state index in [0.717, 1.165) is 6.20 Å². The van der Waals surface area contributed by atoms with Crippen molar-refractivity contribution < 1.29 is 22.7 Å². The molecule has 0 aliphatic rings. The molecule has 0 radical (unpaired) electrons. The van der Waals surface area contributed by atoms with Gasteiger partial charge in [-0.3, -0.25) is 14.3 Å². The standard InChI is InChI=1S/C18H14F3N3O3/c19-18(20,21)27-16-8-4-1-5-12(16)9-22-17(26)11-24-14-7-3-2-6-13(14)15(25)10-23-24/h1-8,10H,9,11H2,(H,22,26). The SMILES string of the molecule is O=C(Cn1ncc(=O)c2ccccc21)NCc1ccccc1OC(F)(F)F. The summed E-state index contributed by atoms with van der Waals surface area (Å²) in [5.41, 5.74) is 0.405. The number of para-hydroxylation sites is 2. The number of hydrogen-bond donors (Lipinski definition) is 1. The van der Waals surface area contributed by atoms with Crippen molar-refractivity contribution in [2.75, 3.05) is 0 Å². The van der Waals surface area contributed by atoms with Crippen LogP contribution in [0.5, 0.6) is 5.75 Å². The summed E-state index contributed by atoms with van der Waals surface area (Å²) in [6, 6.07) is 12.2. The zero-order valence-electron chi connectivity index (χ0n) is 13.9. The van der Waals surface area contributed by atoms with Gasteiger partial charge in [0.15, 0.2) is 0 Å². The first kappa shape index (κ1) is 18.4. The summed E-state index contributed by atoms with van der Waals surface area (Å²) in [7, 11) is 0. The Morgan fingerprint density at radius 3 is 2.59 bits per heavy atom. The van der Waals surface area contributed by atoms with Crippen molar-refractivity contribution >= 4 is 16.8 Å². The molecule has 0 bridgehead atoms. The molecule has 140 valence electrons. The monoisotopic (exact) mass is 377 g/mol. The molecule has 2 aromatic carbocycles. The number of ether oxygens (including phenoxy) is 1. The Bertz CT molecular complexity index is 1030. The quantitative estimate of drug-likeness (QED) is 0.742. The molecule has 0 saturated heterocycles. The minimum absolute atomic E-state index is 0.150. The molecule has 1 heterocycles. The zero-order valence-corrected chi connectivity index (χ0v) is 13.9. The molecule has 0 unspecified atom stereocenters. The largest absolute Gasteiger partial charge is 0.573 e. The van der Waals surface area contributed by atoms with Gasteiger partial charge in [-0.2, -0.15) is 5.10 Å². The minimum Gasteiger partial charge on any atom is -0.405 e. The number of carbonyl (C=O) groups is 1. The lowest BCUT2D eigenvalue weighted by molar-refractivity contribution is -0.274. The molecular weight excluding hydrogens is 363 g/mol. The molecule has 0 aliphatic heterocycles. The number of nitrogens with zero attached hydrogens (tertiary/aromatic N) is 2. The first-order valence-electron chi connectivity index (χ1n) is 7.89. The second-order valence-electron chi connectivity index (χ2n) is 5.62. The Kier molecular flexibility index (Phi) is 5.11. The first-order valence-corrected chi connectivity index (χ1v) is 7.89. The van der Waals surface area contributed by atoms with E-state index in [4.69, 9.17) is 0 Å². The van der Waals surface area contributed by atoms with Gasteiger partial charge in [0.25, 0.3) is 0 Å². The van der Waals surface area contributed by atoms with Crippen LogP contribution in [0.4, 0.5) is 13.2 Å². The van der Waals surface area contributed by atoms with E-state index in [-0.39, 0.29) is 29.8 Å². The van der Waals surface area contributed by atoms with Gasteiger partial charge in [-0.15, -0.1) is 13.2 Å². The van der Waals surface area contributed by atoms with Crippen molar-refractivity contribution in [3.05, 3.63) is 70.5 Å². The molecule has 1 amide bonds. The molecule has 6 nitrogen and oxygen atoms in total. The van der Waals surface area contributed by atoms with E-state index in [0.29, 0.717) is 10.9 Å². The highest BCUT2D eigenvalue weighted by Crippen LogP contribution is 2.26. The van der Waals surface area contributed by atoms with Gasteiger partial charge in [0.2, 0.25) is 11.3 Å². The number of nitrogens with one attached hydrogen (secondary N) is 1. The molecule has 0 atom stereocenters. The van der Waals surface area contributed by atoms with E-state index in [1.165, 1.54) is 22.9 Å². The highest BCUT2D eigenvalue weighted by atomic mass is 19.4. The van der Waals surface area contributed by atoms with Gasteiger partial charge in [-0.25, -0.2) is 0 Å². The van der Waals surface area contributed by atoms with E-state index in [1.54, 1.807) is 30.3 Å². The van der Waals surface area contributed by atoms with Crippen LogP contribution in [0.2, 0.25) is 0 Å².